The number of hydrogen-bond acceptors (Lipinski definition) is 8. The number of methoxy groups -OCH3 is 3. The lowest BCUT2D eigenvalue weighted by atomic mass is 9.56. The average molecular weight is 526 g/mol. The molecule has 2 aliphatic heterocycles. The van der Waals surface area contributed by atoms with Gasteiger partial charge in [-0.05, 0) is 24.7 Å². The molecule has 0 bridgehead atoms. The van der Waals surface area contributed by atoms with Gasteiger partial charge in [-0.25, -0.2) is 0 Å². The largest absolute Gasteiger partial charge is 0.468 e. The molecule has 5 fully saturated rings. The molecule has 5 rings (SSSR count). The lowest BCUT2D eigenvalue weighted by Crippen LogP contribution is -2.68. The van der Waals surface area contributed by atoms with E-state index in [1.165, 1.54) is 13.5 Å². The molecule has 11 atom stereocenters. The zero-order valence-corrected chi connectivity index (χ0v) is 22.5. The van der Waals surface area contributed by atoms with Crippen LogP contribution in [0.2, 0.25) is 0 Å². The first-order valence-corrected chi connectivity index (χ1v) is 14.0. The van der Waals surface area contributed by atoms with Crippen LogP contribution in [0.4, 0.5) is 0 Å². The smallest absolute Gasteiger partial charge is 0.322 e. The van der Waals surface area contributed by atoms with Crippen molar-refractivity contribution >= 4 is 29.1 Å². The molecule has 0 amide bonds. The molecule has 1 N–H and O–H groups in total. The number of halogens is 1. The van der Waals surface area contributed by atoms with Gasteiger partial charge in [0.15, 0.2) is 17.2 Å². The first kappa shape index (κ1) is 26.5. The van der Waals surface area contributed by atoms with Crippen LogP contribution >= 0.6 is 11.6 Å². The van der Waals surface area contributed by atoms with Crippen molar-refractivity contribution in [3.05, 3.63) is 0 Å². The number of hydrogen-bond donors (Lipinski definition) is 1. The van der Waals surface area contributed by atoms with Gasteiger partial charge in [0.1, 0.15) is 6.04 Å². The quantitative estimate of drug-likeness (QED) is 0.340. The Morgan fingerprint density at radius 2 is 1.64 bits per heavy atom. The molecule has 3 aliphatic carbocycles. The summed E-state index contributed by atoms with van der Waals surface area (Å²) in [4.78, 5) is 41.4. The SMILES string of the molecule is COC(=O)C1CC(C2CCCCC2)C2C(=O)[C@@]3(OC4C(Cl)C(OC)CC(OC)C4C3=O)[C@H](C)CC2N1. The number of carbonyl (C=O) groups excluding carboxylic acids is 3. The summed E-state index contributed by atoms with van der Waals surface area (Å²) in [5.74, 6) is -1.60. The summed E-state index contributed by atoms with van der Waals surface area (Å²) < 4.78 is 23.0. The van der Waals surface area contributed by atoms with Crippen molar-refractivity contribution in [1.82, 2.24) is 5.32 Å². The molecule has 0 aromatic carbocycles. The van der Waals surface area contributed by atoms with Gasteiger partial charge in [-0.2, -0.15) is 0 Å². The van der Waals surface area contributed by atoms with Crippen molar-refractivity contribution in [3.8, 4) is 0 Å². The van der Waals surface area contributed by atoms with E-state index in [9.17, 15) is 14.4 Å². The normalized spacial score (nSPS) is 47.5. The van der Waals surface area contributed by atoms with Crippen molar-refractivity contribution in [2.24, 2.45) is 29.6 Å². The van der Waals surface area contributed by atoms with Crippen molar-refractivity contribution in [3.63, 3.8) is 0 Å². The Morgan fingerprint density at radius 1 is 0.972 bits per heavy atom. The van der Waals surface area contributed by atoms with Gasteiger partial charge in [0.05, 0.1) is 36.7 Å². The highest BCUT2D eigenvalue weighted by Gasteiger charge is 2.70. The highest BCUT2D eigenvalue weighted by molar-refractivity contribution is 6.23. The molecule has 5 aliphatic rings. The Labute approximate surface area is 218 Å². The van der Waals surface area contributed by atoms with Crippen molar-refractivity contribution in [2.45, 2.75) is 99.7 Å². The maximum Gasteiger partial charge on any atom is 0.322 e. The number of fused-ring (bicyclic) bond motifs is 2. The Morgan fingerprint density at radius 3 is 2.28 bits per heavy atom. The van der Waals surface area contributed by atoms with E-state index in [4.69, 9.17) is 30.5 Å². The molecular weight excluding hydrogens is 486 g/mol. The summed E-state index contributed by atoms with van der Waals surface area (Å²) in [5.41, 5.74) is -1.53. The summed E-state index contributed by atoms with van der Waals surface area (Å²) in [5, 5.41) is 2.89. The Hall–Kier alpha value is -1.06. The van der Waals surface area contributed by atoms with Crippen LogP contribution in [-0.2, 0) is 33.3 Å². The average Bonchev–Trinajstić information content (AvgIpc) is 3.21. The highest BCUT2D eigenvalue weighted by atomic mass is 35.5. The van der Waals surface area contributed by atoms with Gasteiger partial charge in [0, 0.05) is 38.5 Å². The van der Waals surface area contributed by atoms with Crippen LogP contribution < -0.4 is 5.32 Å². The van der Waals surface area contributed by atoms with E-state index in [2.05, 4.69) is 5.32 Å². The molecule has 0 aromatic rings. The number of piperidine rings is 1. The standard InChI is InChI=1S/C27H40ClNO7/c1-13-10-16-20(15(14-8-6-5-7-9-14)11-17(29-16)26(32)35-4)24(30)27(13)25(31)21-18(33-2)12-19(34-3)22(28)23(21)36-27/h13-23,29H,5-12H2,1-4H3/t13-,15?,16?,17?,18?,19?,20?,21?,22?,23?,27+/m1/s1. The molecule has 36 heavy (non-hydrogen) atoms. The molecule has 3 saturated carbocycles. The summed E-state index contributed by atoms with van der Waals surface area (Å²) in [7, 11) is 4.59. The number of Topliss-reactive ketones (excluding diaryl/α,β-unsaturated/α-hetero) is 2. The second kappa shape index (κ2) is 10.3. The number of rotatable bonds is 4. The maximum atomic E-state index is 14.6. The van der Waals surface area contributed by atoms with E-state index in [0.29, 0.717) is 25.2 Å². The minimum atomic E-state index is -1.53. The van der Waals surface area contributed by atoms with Gasteiger partial charge in [0.25, 0.3) is 0 Å². The van der Waals surface area contributed by atoms with Gasteiger partial charge < -0.3 is 24.3 Å². The number of alkyl halides is 1. The fourth-order valence-corrected chi connectivity index (χ4v) is 8.66. The first-order chi connectivity index (χ1) is 17.3. The molecule has 0 radical (unpaired) electrons. The molecule has 1 spiro atoms. The van der Waals surface area contributed by atoms with Crippen LogP contribution in [-0.4, -0.2) is 80.2 Å². The summed E-state index contributed by atoms with van der Waals surface area (Å²) >= 11 is 6.79. The lowest BCUT2D eigenvalue weighted by Gasteiger charge is -2.52. The van der Waals surface area contributed by atoms with Crippen LogP contribution in [0.3, 0.4) is 0 Å². The van der Waals surface area contributed by atoms with E-state index < -0.39 is 35.1 Å². The molecule has 8 nitrogen and oxygen atoms in total. The van der Waals surface area contributed by atoms with Crippen LogP contribution in [0.15, 0.2) is 0 Å². The Kier molecular flexibility index (Phi) is 7.56. The minimum Gasteiger partial charge on any atom is -0.468 e. The number of ketones is 2. The summed E-state index contributed by atoms with van der Waals surface area (Å²) in [6, 6.07) is -0.633. The van der Waals surface area contributed by atoms with Gasteiger partial charge >= 0.3 is 5.97 Å². The monoisotopic (exact) mass is 525 g/mol. The fourth-order valence-electron chi connectivity index (χ4n) is 8.24. The summed E-state index contributed by atoms with van der Waals surface area (Å²) in [6.07, 6.45) is 5.76. The topological polar surface area (TPSA) is 100 Å². The van der Waals surface area contributed by atoms with E-state index in [-0.39, 0.29) is 47.4 Å². The van der Waals surface area contributed by atoms with Gasteiger partial charge in [0.2, 0.25) is 0 Å². The fraction of sp³-hybridized carbons (Fsp3) is 0.889. The zero-order chi connectivity index (χ0) is 25.8. The van der Waals surface area contributed by atoms with Crippen molar-refractivity contribution in [2.75, 3.05) is 21.3 Å². The third-order valence-corrected chi connectivity index (χ3v) is 10.5. The number of ether oxygens (including phenoxy) is 4. The predicted molar refractivity (Wildman–Crippen MR) is 132 cm³/mol. The van der Waals surface area contributed by atoms with Crippen LogP contribution in [0, 0.1) is 29.6 Å². The van der Waals surface area contributed by atoms with E-state index in [1.54, 1.807) is 14.2 Å². The Bertz CT molecular complexity index is 878. The molecule has 2 saturated heterocycles. The van der Waals surface area contributed by atoms with Crippen molar-refractivity contribution in [1.29, 1.82) is 0 Å². The molecular formula is C27H40ClNO7. The van der Waals surface area contributed by atoms with E-state index in [0.717, 1.165) is 25.7 Å². The maximum absolute atomic E-state index is 14.6. The predicted octanol–water partition coefficient (Wildman–Crippen LogP) is 2.68. The molecule has 9 unspecified atom stereocenters. The second-order valence-corrected chi connectivity index (χ2v) is 12.1. The summed E-state index contributed by atoms with van der Waals surface area (Å²) in [6.45, 7) is 1.92. The Balaban J connectivity index is 1.51. The third kappa shape index (κ3) is 3.98. The molecule has 2 heterocycles. The minimum absolute atomic E-state index is 0.00768. The van der Waals surface area contributed by atoms with Gasteiger partial charge in [-0.3, -0.25) is 14.4 Å². The third-order valence-electron chi connectivity index (χ3n) is 10.0. The van der Waals surface area contributed by atoms with E-state index >= 15 is 0 Å². The van der Waals surface area contributed by atoms with Crippen LogP contribution in [0.5, 0.6) is 0 Å². The number of carbonyl (C=O) groups is 3. The zero-order valence-electron chi connectivity index (χ0n) is 21.7. The molecule has 202 valence electrons. The second-order valence-electron chi connectivity index (χ2n) is 11.6. The molecule has 9 heteroatoms. The highest BCUT2D eigenvalue weighted by Crippen LogP contribution is 2.54. The van der Waals surface area contributed by atoms with Gasteiger partial charge in [-0.1, -0.05) is 39.0 Å². The number of nitrogens with one attached hydrogen (secondary N) is 1. The van der Waals surface area contributed by atoms with E-state index in [1.807, 2.05) is 6.92 Å². The lowest BCUT2D eigenvalue weighted by molar-refractivity contribution is -0.177. The number of esters is 1. The van der Waals surface area contributed by atoms with Gasteiger partial charge in [-0.15, -0.1) is 11.6 Å². The van der Waals surface area contributed by atoms with Crippen LogP contribution in [0.1, 0.15) is 58.3 Å². The molecule has 0 aromatic heterocycles. The van der Waals surface area contributed by atoms with Crippen LogP contribution in [0.25, 0.3) is 0 Å². The van der Waals surface area contributed by atoms with Crippen molar-refractivity contribution < 1.29 is 33.3 Å². The first-order valence-electron chi connectivity index (χ1n) is 13.6.